The van der Waals surface area contributed by atoms with E-state index in [-0.39, 0.29) is 5.91 Å². The molecule has 5 heteroatoms. The Balaban J connectivity index is 1.63. The van der Waals surface area contributed by atoms with Gasteiger partial charge in [0.25, 0.3) is 0 Å². The highest BCUT2D eigenvalue weighted by Gasteiger charge is 2.18. The second-order valence-electron chi connectivity index (χ2n) is 7.87. The van der Waals surface area contributed by atoms with Crippen molar-refractivity contribution in [1.82, 2.24) is 5.32 Å². The second kappa shape index (κ2) is 9.65. The molecule has 0 atom stereocenters. The number of ether oxygens (including phenoxy) is 2. The summed E-state index contributed by atoms with van der Waals surface area (Å²) in [6, 6.07) is 19.8. The summed E-state index contributed by atoms with van der Waals surface area (Å²) in [6.07, 6.45) is 3.38. The maximum Gasteiger partial charge on any atom is 0.244 e. The van der Waals surface area contributed by atoms with Crippen LogP contribution in [0.4, 0.5) is 0 Å². The molecule has 4 rings (SSSR count). The average molecular weight is 442 g/mol. The van der Waals surface area contributed by atoms with E-state index >= 15 is 0 Å². The minimum absolute atomic E-state index is 0.168. The van der Waals surface area contributed by atoms with E-state index in [9.17, 15) is 4.79 Å². The quantitative estimate of drug-likeness (QED) is 0.350. The number of carbonyl (C=O) groups is 1. The summed E-state index contributed by atoms with van der Waals surface area (Å²) >= 11 is 0. The molecule has 5 nitrogen and oxygen atoms in total. The minimum Gasteiger partial charge on any atom is -0.497 e. The highest BCUT2D eigenvalue weighted by atomic mass is 16.5. The van der Waals surface area contributed by atoms with Crippen LogP contribution < -0.4 is 14.8 Å². The Hall–Kier alpha value is -3.99. The van der Waals surface area contributed by atoms with Crippen molar-refractivity contribution < 1.29 is 18.7 Å². The lowest BCUT2D eigenvalue weighted by atomic mass is 9.96. The third-order valence-electron chi connectivity index (χ3n) is 5.73. The first-order valence-corrected chi connectivity index (χ1v) is 10.8. The third kappa shape index (κ3) is 4.62. The van der Waals surface area contributed by atoms with Gasteiger partial charge < -0.3 is 19.2 Å². The molecule has 0 bridgehead atoms. The third-order valence-corrected chi connectivity index (χ3v) is 5.73. The normalized spacial score (nSPS) is 11.5. The van der Waals surface area contributed by atoms with Crippen LogP contribution in [0.3, 0.4) is 0 Å². The van der Waals surface area contributed by atoms with Gasteiger partial charge >= 0.3 is 0 Å². The fourth-order valence-electron chi connectivity index (χ4n) is 3.97. The number of fused-ring (bicyclic) bond motifs is 1. The van der Waals surface area contributed by atoms with Gasteiger partial charge in [0, 0.05) is 34.7 Å². The Bertz CT molecular complexity index is 1300. The molecule has 0 unspecified atom stereocenters. The number of hydrogen-bond donors (Lipinski definition) is 1. The number of carbonyl (C=O) groups excluding carboxylic acids is 1. The molecule has 0 aliphatic carbocycles. The summed E-state index contributed by atoms with van der Waals surface area (Å²) in [5.74, 6) is 1.32. The van der Waals surface area contributed by atoms with Gasteiger partial charge in [-0.15, -0.1) is 0 Å². The fraction of sp³-hybridized carbons (Fsp3) is 0.179. The minimum atomic E-state index is -0.168. The standard InChI is InChI=1S/C28H27NO4/c1-18(14-26(30)29-16-20-10-12-22(31-3)13-11-20)23-15-24-25(21-8-6-5-7-9-21)17-33-28(24)19(2)27(23)32-4/h5-15,17H,16H2,1-4H3,(H,29,30)/b18-14+. The van der Waals surface area contributed by atoms with Crippen molar-refractivity contribution in [2.45, 2.75) is 20.4 Å². The molecule has 0 saturated heterocycles. The van der Waals surface area contributed by atoms with Crippen molar-refractivity contribution in [3.05, 3.63) is 89.7 Å². The summed E-state index contributed by atoms with van der Waals surface area (Å²) < 4.78 is 16.8. The maximum atomic E-state index is 12.6. The molecule has 168 valence electrons. The molecule has 0 fully saturated rings. The van der Waals surface area contributed by atoms with Crippen LogP contribution in [0.15, 0.2) is 77.4 Å². The summed E-state index contributed by atoms with van der Waals surface area (Å²) in [4.78, 5) is 12.6. The number of amides is 1. The van der Waals surface area contributed by atoms with Crippen molar-refractivity contribution >= 4 is 22.4 Å². The molecule has 4 aromatic rings. The zero-order valence-corrected chi connectivity index (χ0v) is 19.3. The van der Waals surface area contributed by atoms with Gasteiger partial charge in [-0.2, -0.15) is 0 Å². The largest absolute Gasteiger partial charge is 0.497 e. The van der Waals surface area contributed by atoms with E-state index < -0.39 is 0 Å². The van der Waals surface area contributed by atoms with E-state index in [1.54, 1.807) is 26.6 Å². The smallest absolute Gasteiger partial charge is 0.244 e. The molecule has 0 aliphatic heterocycles. The predicted molar refractivity (Wildman–Crippen MR) is 131 cm³/mol. The molecule has 1 heterocycles. The second-order valence-corrected chi connectivity index (χ2v) is 7.87. The van der Waals surface area contributed by atoms with Crippen molar-refractivity contribution in [2.24, 2.45) is 0 Å². The molecular weight excluding hydrogens is 414 g/mol. The number of methoxy groups -OCH3 is 2. The van der Waals surface area contributed by atoms with Gasteiger partial charge in [0.1, 0.15) is 17.1 Å². The van der Waals surface area contributed by atoms with Gasteiger partial charge in [0.2, 0.25) is 5.91 Å². The van der Waals surface area contributed by atoms with Gasteiger partial charge in [-0.3, -0.25) is 4.79 Å². The number of hydrogen-bond acceptors (Lipinski definition) is 4. The van der Waals surface area contributed by atoms with Gasteiger partial charge in [-0.1, -0.05) is 42.5 Å². The van der Waals surface area contributed by atoms with Crippen molar-refractivity contribution in [1.29, 1.82) is 0 Å². The Morgan fingerprint density at radius 1 is 1.03 bits per heavy atom. The lowest BCUT2D eigenvalue weighted by molar-refractivity contribution is -0.116. The van der Waals surface area contributed by atoms with Crippen LogP contribution in [-0.4, -0.2) is 20.1 Å². The molecule has 0 radical (unpaired) electrons. The molecule has 0 spiro atoms. The van der Waals surface area contributed by atoms with Crippen LogP contribution in [0, 0.1) is 6.92 Å². The number of benzene rings is 3. The van der Waals surface area contributed by atoms with Gasteiger partial charge in [-0.05, 0) is 48.7 Å². The van der Waals surface area contributed by atoms with E-state index in [0.717, 1.165) is 50.1 Å². The van der Waals surface area contributed by atoms with E-state index in [1.807, 2.05) is 62.4 Å². The van der Waals surface area contributed by atoms with Crippen molar-refractivity contribution in [2.75, 3.05) is 14.2 Å². The van der Waals surface area contributed by atoms with Crippen molar-refractivity contribution in [3.8, 4) is 22.6 Å². The first kappa shape index (κ1) is 22.2. The van der Waals surface area contributed by atoms with Crippen LogP contribution in [0.5, 0.6) is 11.5 Å². The highest BCUT2D eigenvalue weighted by molar-refractivity contribution is 6.01. The van der Waals surface area contributed by atoms with Gasteiger partial charge in [0.15, 0.2) is 0 Å². The Morgan fingerprint density at radius 2 is 1.76 bits per heavy atom. The molecule has 1 N–H and O–H groups in total. The first-order chi connectivity index (χ1) is 16.0. The van der Waals surface area contributed by atoms with Gasteiger partial charge in [0.05, 0.1) is 20.5 Å². The molecule has 33 heavy (non-hydrogen) atoms. The summed E-state index contributed by atoms with van der Waals surface area (Å²) in [5, 5.41) is 3.93. The molecule has 1 amide bonds. The first-order valence-electron chi connectivity index (χ1n) is 10.8. The Kier molecular flexibility index (Phi) is 6.50. The molecule has 0 saturated carbocycles. The average Bonchev–Trinajstić information content (AvgIpc) is 3.28. The molecule has 0 aliphatic rings. The number of allylic oxidation sites excluding steroid dienone is 1. The summed E-state index contributed by atoms with van der Waals surface area (Å²) in [5.41, 5.74) is 6.44. The zero-order chi connectivity index (χ0) is 23.4. The monoisotopic (exact) mass is 441 g/mol. The van der Waals surface area contributed by atoms with Crippen LogP contribution in [0.2, 0.25) is 0 Å². The summed E-state index contributed by atoms with van der Waals surface area (Å²) in [7, 11) is 3.26. The Morgan fingerprint density at radius 3 is 2.42 bits per heavy atom. The van der Waals surface area contributed by atoms with E-state index in [4.69, 9.17) is 13.9 Å². The van der Waals surface area contributed by atoms with E-state index in [2.05, 4.69) is 17.4 Å². The number of nitrogens with one attached hydrogen (secondary N) is 1. The number of furan rings is 1. The highest BCUT2D eigenvalue weighted by Crippen LogP contribution is 2.40. The van der Waals surface area contributed by atoms with Crippen LogP contribution in [0.25, 0.3) is 27.7 Å². The van der Waals surface area contributed by atoms with Crippen LogP contribution in [0.1, 0.15) is 23.6 Å². The lowest BCUT2D eigenvalue weighted by Gasteiger charge is -2.13. The van der Waals surface area contributed by atoms with Crippen molar-refractivity contribution in [3.63, 3.8) is 0 Å². The predicted octanol–water partition coefficient (Wildman–Crippen LogP) is 6.15. The topological polar surface area (TPSA) is 60.7 Å². The number of rotatable bonds is 7. The van der Waals surface area contributed by atoms with E-state index in [0.29, 0.717) is 12.3 Å². The van der Waals surface area contributed by atoms with Crippen LogP contribution >= 0.6 is 0 Å². The van der Waals surface area contributed by atoms with E-state index in [1.165, 1.54) is 0 Å². The zero-order valence-electron chi connectivity index (χ0n) is 19.3. The maximum absolute atomic E-state index is 12.6. The van der Waals surface area contributed by atoms with Gasteiger partial charge in [-0.25, -0.2) is 0 Å². The Labute approximate surface area is 193 Å². The lowest BCUT2D eigenvalue weighted by Crippen LogP contribution is -2.20. The molecular formula is C28H27NO4. The molecule has 1 aromatic heterocycles. The molecule has 3 aromatic carbocycles. The fourth-order valence-corrected chi connectivity index (χ4v) is 3.97. The SMILES string of the molecule is COc1ccc(CNC(=O)/C=C(\C)c2cc3c(-c4ccccc4)coc3c(C)c2OC)cc1. The summed E-state index contributed by atoms with van der Waals surface area (Å²) in [6.45, 7) is 4.32. The number of aryl methyl sites for hydroxylation is 1. The van der Waals surface area contributed by atoms with Crippen LogP contribution in [-0.2, 0) is 11.3 Å².